The smallest absolute Gasteiger partial charge is 0.207 e. The summed E-state index contributed by atoms with van der Waals surface area (Å²) in [7, 11) is -3.47. The molecule has 3 nitrogen and oxygen atoms in total. The largest absolute Gasteiger partial charge is 0.243 e. The highest BCUT2D eigenvalue weighted by atomic mass is 32.2. The number of nitrogens with zero attached hydrogens (tertiary/aromatic N) is 1. The SMILES string of the molecule is CC(C)=C(c1cccs1)C1CCCN1S(=O)(=O)c1ccc(C)cc1. The van der Waals surface area contributed by atoms with E-state index < -0.39 is 10.0 Å². The molecular weight excluding hydrogens is 338 g/mol. The Morgan fingerprint density at radius 3 is 2.46 bits per heavy atom. The maximum absolute atomic E-state index is 13.2. The van der Waals surface area contributed by atoms with Crippen LogP contribution in [0.2, 0.25) is 0 Å². The lowest BCUT2D eigenvalue weighted by Gasteiger charge is -2.27. The predicted octanol–water partition coefficient (Wildman–Crippen LogP) is 4.70. The first kappa shape index (κ1) is 17.4. The van der Waals surface area contributed by atoms with Crippen molar-refractivity contribution in [2.24, 2.45) is 0 Å². The third-order valence-electron chi connectivity index (χ3n) is 4.49. The van der Waals surface area contributed by atoms with Gasteiger partial charge in [0.05, 0.1) is 10.9 Å². The molecule has 0 spiro atoms. The van der Waals surface area contributed by atoms with Crippen molar-refractivity contribution in [3.63, 3.8) is 0 Å². The fourth-order valence-electron chi connectivity index (χ4n) is 3.34. The number of hydrogen-bond donors (Lipinski definition) is 0. The van der Waals surface area contributed by atoms with Crippen LogP contribution in [-0.2, 0) is 10.0 Å². The fraction of sp³-hybridized carbons (Fsp3) is 0.368. The van der Waals surface area contributed by atoms with E-state index in [4.69, 9.17) is 0 Å². The molecule has 1 aromatic heterocycles. The van der Waals surface area contributed by atoms with Gasteiger partial charge in [-0.3, -0.25) is 0 Å². The average molecular weight is 362 g/mol. The minimum Gasteiger partial charge on any atom is -0.207 e. The molecule has 128 valence electrons. The van der Waals surface area contributed by atoms with Crippen LogP contribution in [0.25, 0.3) is 5.57 Å². The normalized spacial score (nSPS) is 18.7. The van der Waals surface area contributed by atoms with E-state index in [0.29, 0.717) is 11.4 Å². The second-order valence-corrected chi connectivity index (χ2v) is 9.32. The molecule has 3 rings (SSSR count). The highest BCUT2D eigenvalue weighted by Crippen LogP contribution is 2.37. The molecule has 24 heavy (non-hydrogen) atoms. The van der Waals surface area contributed by atoms with E-state index in [2.05, 4.69) is 19.9 Å². The summed E-state index contributed by atoms with van der Waals surface area (Å²) in [6.07, 6.45) is 1.78. The number of rotatable bonds is 4. The maximum Gasteiger partial charge on any atom is 0.243 e. The summed E-state index contributed by atoms with van der Waals surface area (Å²) < 4.78 is 28.0. The molecule has 1 aliphatic rings. The molecule has 1 atom stereocenters. The Balaban J connectivity index is 2.01. The summed E-state index contributed by atoms with van der Waals surface area (Å²) in [5.74, 6) is 0. The summed E-state index contributed by atoms with van der Waals surface area (Å²) in [5, 5.41) is 2.05. The molecule has 5 heteroatoms. The van der Waals surface area contributed by atoms with Crippen LogP contribution in [0.4, 0.5) is 0 Å². The number of thiophene rings is 1. The topological polar surface area (TPSA) is 37.4 Å². The number of allylic oxidation sites excluding steroid dienone is 1. The minimum absolute atomic E-state index is 0.0695. The number of hydrogen-bond acceptors (Lipinski definition) is 3. The molecule has 1 fully saturated rings. The zero-order valence-corrected chi connectivity index (χ0v) is 16.0. The van der Waals surface area contributed by atoms with Crippen molar-refractivity contribution in [2.45, 2.75) is 44.6 Å². The van der Waals surface area contributed by atoms with Gasteiger partial charge in [-0.15, -0.1) is 11.3 Å². The van der Waals surface area contributed by atoms with Gasteiger partial charge in [0.15, 0.2) is 0 Å². The van der Waals surface area contributed by atoms with E-state index in [1.807, 2.05) is 30.5 Å². The van der Waals surface area contributed by atoms with Gasteiger partial charge in [-0.2, -0.15) is 4.31 Å². The van der Waals surface area contributed by atoms with E-state index in [0.717, 1.165) is 24.0 Å². The van der Waals surface area contributed by atoms with Gasteiger partial charge in [0.1, 0.15) is 0 Å². The van der Waals surface area contributed by atoms with E-state index >= 15 is 0 Å². The molecular formula is C19H23NO2S2. The summed E-state index contributed by atoms with van der Waals surface area (Å²) in [6, 6.07) is 11.2. The monoisotopic (exact) mass is 361 g/mol. The molecule has 2 aromatic rings. The van der Waals surface area contributed by atoms with Gasteiger partial charge in [-0.1, -0.05) is 29.3 Å². The van der Waals surface area contributed by atoms with E-state index in [-0.39, 0.29) is 6.04 Å². The van der Waals surface area contributed by atoms with Crippen molar-refractivity contribution in [2.75, 3.05) is 6.54 Å². The first-order chi connectivity index (χ1) is 11.4. The zero-order chi connectivity index (χ0) is 17.3. The lowest BCUT2D eigenvalue weighted by molar-refractivity contribution is 0.438. The molecule has 0 aliphatic carbocycles. The molecule has 0 radical (unpaired) electrons. The van der Waals surface area contributed by atoms with Crippen molar-refractivity contribution in [1.29, 1.82) is 0 Å². The van der Waals surface area contributed by atoms with Gasteiger partial charge in [0.25, 0.3) is 0 Å². The number of aryl methyl sites for hydroxylation is 1. The lowest BCUT2D eigenvalue weighted by Crippen LogP contribution is -2.36. The summed E-state index contributed by atoms with van der Waals surface area (Å²) in [4.78, 5) is 1.56. The molecule has 0 saturated carbocycles. The summed E-state index contributed by atoms with van der Waals surface area (Å²) in [5.41, 5.74) is 3.42. The van der Waals surface area contributed by atoms with E-state index in [9.17, 15) is 8.42 Å². The summed E-state index contributed by atoms with van der Waals surface area (Å²) in [6.45, 7) is 6.70. The third-order valence-corrected chi connectivity index (χ3v) is 7.32. The molecule has 2 heterocycles. The van der Waals surface area contributed by atoms with Crippen molar-refractivity contribution in [3.8, 4) is 0 Å². The Morgan fingerprint density at radius 2 is 1.88 bits per heavy atom. The van der Waals surface area contributed by atoms with E-state index in [1.54, 1.807) is 27.8 Å². The predicted molar refractivity (Wildman–Crippen MR) is 101 cm³/mol. The van der Waals surface area contributed by atoms with Crippen LogP contribution in [-0.4, -0.2) is 25.3 Å². The fourth-order valence-corrected chi connectivity index (χ4v) is 5.93. The van der Waals surface area contributed by atoms with Gasteiger partial charge in [0.2, 0.25) is 10.0 Å². The highest BCUT2D eigenvalue weighted by Gasteiger charge is 2.38. The van der Waals surface area contributed by atoms with Crippen LogP contribution in [0, 0.1) is 6.92 Å². The van der Waals surface area contributed by atoms with Crippen LogP contribution >= 0.6 is 11.3 Å². The molecule has 1 saturated heterocycles. The second-order valence-electron chi connectivity index (χ2n) is 6.48. The van der Waals surface area contributed by atoms with Gasteiger partial charge in [0, 0.05) is 11.4 Å². The van der Waals surface area contributed by atoms with Crippen LogP contribution < -0.4 is 0 Å². The van der Waals surface area contributed by atoms with Gasteiger partial charge >= 0.3 is 0 Å². The van der Waals surface area contributed by atoms with Crippen molar-refractivity contribution < 1.29 is 8.42 Å². The van der Waals surface area contributed by atoms with E-state index in [1.165, 1.54) is 10.5 Å². The average Bonchev–Trinajstić information content (AvgIpc) is 3.20. The standard InChI is InChI=1S/C19H23NO2S2/c1-14(2)19(18-7-5-13-23-18)17-6-4-12-20(17)24(21,22)16-10-8-15(3)9-11-16/h5,7-11,13,17H,4,6,12H2,1-3H3. The zero-order valence-electron chi connectivity index (χ0n) is 14.3. The first-order valence-electron chi connectivity index (χ1n) is 8.21. The van der Waals surface area contributed by atoms with Crippen LogP contribution in [0.15, 0.2) is 52.2 Å². The Hall–Kier alpha value is -1.43. The van der Waals surface area contributed by atoms with Crippen LogP contribution in [0.1, 0.15) is 37.1 Å². The first-order valence-corrected chi connectivity index (χ1v) is 10.5. The molecule has 0 bridgehead atoms. The molecule has 1 unspecified atom stereocenters. The molecule has 1 aromatic carbocycles. The summed E-state index contributed by atoms with van der Waals surface area (Å²) >= 11 is 1.68. The van der Waals surface area contributed by atoms with Crippen LogP contribution in [0.5, 0.6) is 0 Å². The van der Waals surface area contributed by atoms with Crippen molar-refractivity contribution in [1.82, 2.24) is 4.31 Å². The Bertz CT molecular complexity index is 830. The Morgan fingerprint density at radius 1 is 1.17 bits per heavy atom. The Kier molecular flexibility index (Phi) is 4.95. The third kappa shape index (κ3) is 3.21. The van der Waals surface area contributed by atoms with Gasteiger partial charge in [-0.25, -0.2) is 8.42 Å². The highest BCUT2D eigenvalue weighted by molar-refractivity contribution is 7.89. The van der Waals surface area contributed by atoms with Gasteiger partial charge in [-0.05, 0) is 62.8 Å². The number of sulfonamides is 1. The lowest BCUT2D eigenvalue weighted by atomic mass is 9.99. The maximum atomic E-state index is 13.2. The van der Waals surface area contributed by atoms with Crippen molar-refractivity contribution in [3.05, 3.63) is 57.8 Å². The Labute approximate surface area is 148 Å². The molecule has 0 amide bonds. The van der Waals surface area contributed by atoms with Crippen LogP contribution in [0.3, 0.4) is 0 Å². The quantitative estimate of drug-likeness (QED) is 0.791. The van der Waals surface area contributed by atoms with Crippen molar-refractivity contribution >= 4 is 26.9 Å². The van der Waals surface area contributed by atoms with Gasteiger partial charge < -0.3 is 0 Å². The minimum atomic E-state index is -3.47. The second kappa shape index (κ2) is 6.82. The number of benzene rings is 1. The molecule has 0 N–H and O–H groups in total. The molecule has 1 aliphatic heterocycles.